The Bertz CT molecular complexity index is 440. The first kappa shape index (κ1) is 13.9. The maximum absolute atomic E-state index is 12.1. The lowest BCUT2D eigenvalue weighted by Gasteiger charge is -2.27. The number of methoxy groups -OCH3 is 1. The summed E-state index contributed by atoms with van der Waals surface area (Å²) in [7, 11) is 1.67. The molecule has 1 fully saturated rings. The highest BCUT2D eigenvalue weighted by molar-refractivity contribution is 5.76. The van der Waals surface area contributed by atoms with Gasteiger partial charge in [-0.05, 0) is 25.0 Å². The van der Waals surface area contributed by atoms with Crippen LogP contribution in [0.25, 0.3) is 0 Å². The lowest BCUT2D eigenvalue weighted by Crippen LogP contribution is -2.46. The summed E-state index contributed by atoms with van der Waals surface area (Å²) in [6.07, 6.45) is 1.30. The zero-order valence-electron chi connectivity index (χ0n) is 11.7. The molecule has 1 N–H and O–H groups in total. The average molecular weight is 262 g/mol. The van der Waals surface area contributed by atoms with E-state index in [0.29, 0.717) is 6.42 Å². The van der Waals surface area contributed by atoms with Gasteiger partial charge >= 0.3 is 0 Å². The number of hydrogen-bond donors (Lipinski definition) is 1. The van der Waals surface area contributed by atoms with Crippen molar-refractivity contribution in [1.82, 2.24) is 10.2 Å². The Morgan fingerprint density at radius 2 is 2.11 bits per heavy atom. The molecule has 1 aliphatic rings. The summed E-state index contributed by atoms with van der Waals surface area (Å²) in [5, 5.41) is 3.26. The van der Waals surface area contributed by atoms with Crippen molar-refractivity contribution in [2.75, 3.05) is 33.3 Å². The SMILES string of the molecule is COc1ccc(C)cc1CCC(=O)N1CCNCC1. The lowest BCUT2D eigenvalue weighted by molar-refractivity contribution is -0.131. The Kier molecular flexibility index (Phi) is 4.80. The molecular formula is C15H22N2O2. The van der Waals surface area contributed by atoms with Crippen LogP contribution in [0.15, 0.2) is 18.2 Å². The summed E-state index contributed by atoms with van der Waals surface area (Å²) < 4.78 is 5.34. The van der Waals surface area contributed by atoms with E-state index < -0.39 is 0 Å². The molecule has 1 amide bonds. The van der Waals surface area contributed by atoms with Gasteiger partial charge in [-0.25, -0.2) is 0 Å². The van der Waals surface area contributed by atoms with E-state index in [4.69, 9.17) is 4.74 Å². The predicted molar refractivity (Wildman–Crippen MR) is 75.5 cm³/mol. The van der Waals surface area contributed by atoms with Crippen LogP contribution in [-0.4, -0.2) is 44.1 Å². The average Bonchev–Trinajstić information content (AvgIpc) is 2.46. The molecule has 0 bridgehead atoms. The van der Waals surface area contributed by atoms with Gasteiger partial charge < -0.3 is 15.0 Å². The number of rotatable bonds is 4. The van der Waals surface area contributed by atoms with Gasteiger partial charge in [-0.15, -0.1) is 0 Å². The maximum atomic E-state index is 12.1. The quantitative estimate of drug-likeness (QED) is 0.891. The summed E-state index contributed by atoms with van der Waals surface area (Å²) in [5.74, 6) is 1.11. The first-order valence-electron chi connectivity index (χ1n) is 6.82. The molecule has 0 atom stereocenters. The van der Waals surface area contributed by atoms with Crippen LogP contribution >= 0.6 is 0 Å². The lowest BCUT2D eigenvalue weighted by atomic mass is 10.1. The van der Waals surface area contributed by atoms with Gasteiger partial charge in [0.1, 0.15) is 5.75 Å². The van der Waals surface area contributed by atoms with Crippen molar-refractivity contribution in [1.29, 1.82) is 0 Å². The van der Waals surface area contributed by atoms with Crippen LogP contribution in [0.2, 0.25) is 0 Å². The van der Waals surface area contributed by atoms with Gasteiger partial charge in [0.15, 0.2) is 0 Å². The van der Waals surface area contributed by atoms with Crippen molar-refractivity contribution in [3.05, 3.63) is 29.3 Å². The minimum Gasteiger partial charge on any atom is -0.496 e. The number of carbonyl (C=O) groups is 1. The molecule has 0 radical (unpaired) electrons. The molecule has 1 aromatic rings. The molecule has 104 valence electrons. The third kappa shape index (κ3) is 3.70. The first-order valence-corrected chi connectivity index (χ1v) is 6.82. The van der Waals surface area contributed by atoms with Crippen LogP contribution in [-0.2, 0) is 11.2 Å². The number of hydrogen-bond acceptors (Lipinski definition) is 3. The van der Waals surface area contributed by atoms with E-state index in [0.717, 1.165) is 43.9 Å². The Morgan fingerprint density at radius 3 is 2.79 bits per heavy atom. The number of carbonyl (C=O) groups excluding carboxylic acids is 1. The summed E-state index contributed by atoms with van der Waals surface area (Å²) >= 11 is 0. The molecule has 1 heterocycles. The molecule has 1 saturated heterocycles. The Hall–Kier alpha value is -1.55. The fourth-order valence-electron chi connectivity index (χ4n) is 2.42. The normalized spacial score (nSPS) is 15.4. The number of ether oxygens (including phenoxy) is 1. The highest BCUT2D eigenvalue weighted by Crippen LogP contribution is 2.21. The van der Waals surface area contributed by atoms with Gasteiger partial charge in [0.2, 0.25) is 5.91 Å². The molecule has 2 rings (SSSR count). The van der Waals surface area contributed by atoms with Crippen molar-refractivity contribution in [2.45, 2.75) is 19.8 Å². The zero-order chi connectivity index (χ0) is 13.7. The van der Waals surface area contributed by atoms with Gasteiger partial charge in [-0.2, -0.15) is 0 Å². The number of aryl methyl sites for hydroxylation is 2. The van der Waals surface area contributed by atoms with E-state index in [2.05, 4.69) is 18.3 Å². The second-order valence-electron chi connectivity index (χ2n) is 4.95. The molecule has 1 aromatic carbocycles. The molecular weight excluding hydrogens is 240 g/mol. The fourth-order valence-corrected chi connectivity index (χ4v) is 2.42. The summed E-state index contributed by atoms with van der Waals surface area (Å²) in [6, 6.07) is 6.10. The van der Waals surface area contributed by atoms with Gasteiger partial charge in [0.05, 0.1) is 7.11 Å². The third-order valence-corrected chi connectivity index (χ3v) is 3.51. The number of nitrogens with one attached hydrogen (secondary N) is 1. The van der Waals surface area contributed by atoms with Gasteiger partial charge in [0, 0.05) is 32.6 Å². The van der Waals surface area contributed by atoms with Crippen molar-refractivity contribution in [3.8, 4) is 5.75 Å². The molecule has 4 heteroatoms. The fraction of sp³-hybridized carbons (Fsp3) is 0.533. The standard InChI is InChI=1S/C15H22N2O2/c1-12-3-5-14(19-2)13(11-12)4-6-15(18)17-9-7-16-8-10-17/h3,5,11,16H,4,6-10H2,1-2H3. The van der Waals surface area contributed by atoms with E-state index >= 15 is 0 Å². The molecule has 0 unspecified atom stereocenters. The molecule has 19 heavy (non-hydrogen) atoms. The van der Waals surface area contributed by atoms with Crippen molar-refractivity contribution < 1.29 is 9.53 Å². The highest BCUT2D eigenvalue weighted by atomic mass is 16.5. The second kappa shape index (κ2) is 6.57. The smallest absolute Gasteiger partial charge is 0.222 e. The van der Waals surface area contributed by atoms with E-state index in [-0.39, 0.29) is 5.91 Å². The van der Waals surface area contributed by atoms with Crippen molar-refractivity contribution in [2.24, 2.45) is 0 Å². The summed E-state index contributed by atoms with van der Waals surface area (Å²) in [6.45, 7) is 5.51. The molecule has 0 aromatic heterocycles. The number of nitrogens with zero attached hydrogens (tertiary/aromatic N) is 1. The van der Waals surface area contributed by atoms with E-state index in [9.17, 15) is 4.79 Å². The third-order valence-electron chi connectivity index (χ3n) is 3.51. The Morgan fingerprint density at radius 1 is 1.37 bits per heavy atom. The summed E-state index contributed by atoms with van der Waals surface area (Å²) in [4.78, 5) is 14.1. The maximum Gasteiger partial charge on any atom is 0.222 e. The topological polar surface area (TPSA) is 41.6 Å². The number of piperazine rings is 1. The van der Waals surface area contributed by atoms with E-state index in [1.165, 1.54) is 5.56 Å². The number of amides is 1. The molecule has 4 nitrogen and oxygen atoms in total. The van der Waals surface area contributed by atoms with Crippen LogP contribution in [0.3, 0.4) is 0 Å². The van der Waals surface area contributed by atoms with Crippen LogP contribution in [0.5, 0.6) is 5.75 Å². The largest absolute Gasteiger partial charge is 0.496 e. The number of benzene rings is 1. The predicted octanol–water partition coefficient (Wildman–Crippen LogP) is 1.37. The second-order valence-corrected chi connectivity index (χ2v) is 4.95. The van der Waals surface area contributed by atoms with E-state index in [1.54, 1.807) is 7.11 Å². The minimum atomic E-state index is 0.241. The highest BCUT2D eigenvalue weighted by Gasteiger charge is 2.16. The van der Waals surface area contributed by atoms with Crippen molar-refractivity contribution in [3.63, 3.8) is 0 Å². The Labute approximate surface area is 114 Å². The minimum absolute atomic E-state index is 0.241. The summed E-state index contributed by atoms with van der Waals surface area (Å²) in [5.41, 5.74) is 2.32. The van der Waals surface area contributed by atoms with Crippen LogP contribution in [0.1, 0.15) is 17.5 Å². The van der Waals surface area contributed by atoms with Crippen molar-refractivity contribution >= 4 is 5.91 Å². The van der Waals surface area contributed by atoms with Crippen LogP contribution in [0.4, 0.5) is 0 Å². The van der Waals surface area contributed by atoms with Crippen LogP contribution in [0, 0.1) is 6.92 Å². The molecule has 1 aliphatic heterocycles. The molecule has 0 aliphatic carbocycles. The van der Waals surface area contributed by atoms with Gasteiger partial charge in [-0.1, -0.05) is 17.7 Å². The molecule has 0 spiro atoms. The van der Waals surface area contributed by atoms with Gasteiger partial charge in [-0.3, -0.25) is 4.79 Å². The van der Waals surface area contributed by atoms with E-state index in [1.807, 2.05) is 17.0 Å². The Balaban J connectivity index is 1.94. The monoisotopic (exact) mass is 262 g/mol. The van der Waals surface area contributed by atoms with Crippen LogP contribution < -0.4 is 10.1 Å². The zero-order valence-corrected chi connectivity index (χ0v) is 11.7. The van der Waals surface area contributed by atoms with Gasteiger partial charge in [0.25, 0.3) is 0 Å². The molecule has 0 saturated carbocycles. The first-order chi connectivity index (χ1) is 9.20.